The Labute approximate surface area is 124 Å². The van der Waals surface area contributed by atoms with Gasteiger partial charge in [0.05, 0.1) is 16.1 Å². The number of allylic oxidation sites excluding steroid dienone is 1. The number of benzene rings is 2. The van der Waals surface area contributed by atoms with Crippen LogP contribution in [-0.2, 0) is 5.41 Å². The van der Waals surface area contributed by atoms with Crippen molar-refractivity contribution in [1.29, 1.82) is 0 Å². The lowest BCUT2D eigenvalue weighted by Crippen LogP contribution is -2.40. The molecular formula is C18H17NS. The fourth-order valence-corrected chi connectivity index (χ4v) is 3.41. The Morgan fingerprint density at radius 1 is 1.00 bits per heavy atom. The molecule has 0 unspecified atom stereocenters. The lowest BCUT2D eigenvalue weighted by atomic mass is 9.82. The molecule has 1 saturated heterocycles. The number of thioether (sulfide) groups is 1. The van der Waals surface area contributed by atoms with Crippen molar-refractivity contribution in [2.45, 2.75) is 19.3 Å². The van der Waals surface area contributed by atoms with Crippen LogP contribution < -0.4 is 0 Å². The van der Waals surface area contributed by atoms with Crippen LogP contribution in [-0.4, -0.2) is 5.04 Å². The number of aryl methyl sites for hydroxylation is 1. The van der Waals surface area contributed by atoms with Crippen LogP contribution in [0.15, 0.2) is 71.1 Å². The van der Waals surface area contributed by atoms with E-state index in [0.29, 0.717) is 0 Å². The quantitative estimate of drug-likeness (QED) is 0.732. The molecule has 0 spiro atoms. The van der Waals surface area contributed by atoms with Crippen molar-refractivity contribution in [3.63, 3.8) is 0 Å². The summed E-state index contributed by atoms with van der Waals surface area (Å²) in [5, 5.41) is 1.12. The zero-order valence-corrected chi connectivity index (χ0v) is 12.6. The molecular weight excluding hydrogens is 262 g/mol. The molecule has 100 valence electrons. The highest BCUT2D eigenvalue weighted by atomic mass is 32.2. The maximum absolute atomic E-state index is 4.79. The topological polar surface area (TPSA) is 12.4 Å². The highest BCUT2D eigenvalue weighted by Gasteiger charge is 2.45. The van der Waals surface area contributed by atoms with Gasteiger partial charge in [-0.25, -0.2) is 4.99 Å². The average Bonchev–Trinajstić information content (AvgIpc) is 2.48. The van der Waals surface area contributed by atoms with Crippen molar-refractivity contribution < 1.29 is 0 Å². The van der Waals surface area contributed by atoms with E-state index < -0.39 is 0 Å². The van der Waals surface area contributed by atoms with E-state index in [0.717, 1.165) is 15.6 Å². The van der Waals surface area contributed by atoms with Crippen molar-refractivity contribution in [2.75, 3.05) is 0 Å². The Bertz CT molecular complexity index is 670. The highest BCUT2D eigenvalue weighted by molar-refractivity contribution is 8.20. The molecule has 2 aromatic rings. The first-order valence-corrected chi connectivity index (χ1v) is 7.51. The summed E-state index contributed by atoms with van der Waals surface area (Å²) in [5.41, 5.74) is 3.40. The molecule has 0 amide bonds. The van der Waals surface area contributed by atoms with E-state index in [2.05, 4.69) is 44.7 Å². The van der Waals surface area contributed by atoms with Crippen LogP contribution in [0, 0.1) is 6.92 Å². The van der Waals surface area contributed by atoms with Crippen LogP contribution in [0.1, 0.15) is 18.1 Å². The summed E-state index contributed by atoms with van der Waals surface area (Å²) in [5.74, 6) is 0. The van der Waals surface area contributed by atoms with Crippen molar-refractivity contribution >= 4 is 22.5 Å². The maximum Gasteiger partial charge on any atom is 0.0935 e. The fraction of sp³-hybridized carbons (Fsp3) is 0.167. The second-order valence-electron chi connectivity index (χ2n) is 5.27. The van der Waals surface area contributed by atoms with Crippen LogP contribution in [0.2, 0.25) is 0 Å². The Hall–Kier alpha value is -1.80. The average molecular weight is 279 g/mol. The molecule has 0 N–H and O–H groups in total. The summed E-state index contributed by atoms with van der Waals surface area (Å²) in [7, 11) is 0. The molecule has 1 nitrogen and oxygen atoms in total. The molecule has 0 radical (unpaired) electrons. The zero-order chi connectivity index (χ0) is 14.2. The summed E-state index contributed by atoms with van der Waals surface area (Å²) in [6.07, 6.45) is 0. The summed E-state index contributed by atoms with van der Waals surface area (Å²) in [4.78, 5) is 5.95. The molecule has 1 atom stereocenters. The van der Waals surface area contributed by atoms with Crippen LogP contribution in [0.3, 0.4) is 0 Å². The number of rotatable bonds is 2. The van der Waals surface area contributed by atoms with Gasteiger partial charge in [0.2, 0.25) is 0 Å². The SMILES string of the molecule is C=C1SC(=Nc2ccccc2)[C@]1(C)c1ccc(C)cc1. The normalized spacial score (nSPS) is 23.7. The van der Waals surface area contributed by atoms with Crippen molar-refractivity contribution in [3.8, 4) is 0 Å². The van der Waals surface area contributed by atoms with Crippen LogP contribution in [0.25, 0.3) is 0 Å². The van der Waals surface area contributed by atoms with Gasteiger partial charge in [-0.2, -0.15) is 0 Å². The van der Waals surface area contributed by atoms with E-state index in [-0.39, 0.29) is 5.41 Å². The van der Waals surface area contributed by atoms with E-state index in [4.69, 9.17) is 4.99 Å². The summed E-state index contributed by atoms with van der Waals surface area (Å²) in [6.45, 7) is 8.50. The van der Waals surface area contributed by atoms with E-state index >= 15 is 0 Å². The number of nitrogens with zero attached hydrogens (tertiary/aromatic N) is 1. The number of hydrogen-bond donors (Lipinski definition) is 0. The van der Waals surface area contributed by atoms with Gasteiger partial charge in [-0.3, -0.25) is 0 Å². The van der Waals surface area contributed by atoms with Crippen molar-refractivity contribution in [2.24, 2.45) is 4.99 Å². The lowest BCUT2D eigenvalue weighted by Gasteiger charge is -2.42. The Kier molecular flexibility index (Phi) is 3.27. The Morgan fingerprint density at radius 3 is 2.25 bits per heavy atom. The monoisotopic (exact) mass is 279 g/mol. The first-order chi connectivity index (χ1) is 9.60. The van der Waals surface area contributed by atoms with Gasteiger partial charge in [-0.05, 0) is 31.5 Å². The van der Waals surface area contributed by atoms with E-state index in [1.165, 1.54) is 11.1 Å². The summed E-state index contributed by atoms with van der Waals surface area (Å²) in [6, 6.07) is 18.8. The molecule has 2 aromatic carbocycles. The molecule has 2 heteroatoms. The highest BCUT2D eigenvalue weighted by Crippen LogP contribution is 2.53. The third kappa shape index (κ3) is 2.10. The number of para-hydroxylation sites is 1. The molecule has 0 aliphatic carbocycles. The zero-order valence-electron chi connectivity index (χ0n) is 11.8. The number of aliphatic imine (C=N–C) groups is 1. The van der Waals surface area contributed by atoms with Crippen molar-refractivity contribution in [1.82, 2.24) is 0 Å². The molecule has 3 rings (SSSR count). The third-order valence-corrected chi connectivity index (χ3v) is 5.17. The molecule has 0 saturated carbocycles. The molecule has 20 heavy (non-hydrogen) atoms. The standard InChI is InChI=1S/C18H17NS/c1-13-9-11-15(12-10-13)18(3)14(2)20-17(18)19-16-7-5-4-6-8-16/h4-12H,2H2,1,3H3/t18-/m0/s1. The van der Waals surface area contributed by atoms with Crippen LogP contribution >= 0.6 is 11.8 Å². The predicted molar refractivity (Wildman–Crippen MR) is 88.8 cm³/mol. The molecule has 1 aliphatic rings. The Morgan fingerprint density at radius 2 is 1.65 bits per heavy atom. The minimum absolute atomic E-state index is 0.145. The minimum atomic E-state index is -0.145. The van der Waals surface area contributed by atoms with Gasteiger partial charge in [-0.1, -0.05) is 66.4 Å². The summed E-state index contributed by atoms with van der Waals surface area (Å²) < 4.78 is 0. The third-order valence-electron chi connectivity index (χ3n) is 3.82. The second-order valence-corrected chi connectivity index (χ2v) is 6.35. The van der Waals surface area contributed by atoms with E-state index in [9.17, 15) is 0 Å². The molecule has 1 heterocycles. The maximum atomic E-state index is 4.79. The second kappa shape index (κ2) is 4.95. The smallest absolute Gasteiger partial charge is 0.0935 e. The van der Waals surface area contributed by atoms with Crippen LogP contribution in [0.4, 0.5) is 5.69 Å². The minimum Gasteiger partial charge on any atom is -0.245 e. The molecule has 1 fully saturated rings. The first-order valence-electron chi connectivity index (χ1n) is 6.69. The predicted octanol–water partition coefficient (Wildman–Crippen LogP) is 5.24. The molecule has 1 aliphatic heterocycles. The fourth-order valence-electron chi connectivity index (χ4n) is 2.32. The van der Waals surface area contributed by atoms with Gasteiger partial charge in [0.15, 0.2) is 0 Å². The van der Waals surface area contributed by atoms with Gasteiger partial charge in [-0.15, -0.1) is 0 Å². The van der Waals surface area contributed by atoms with E-state index in [1.807, 2.05) is 30.3 Å². The molecule has 0 bridgehead atoms. The van der Waals surface area contributed by atoms with Gasteiger partial charge >= 0.3 is 0 Å². The Balaban J connectivity index is 2.00. The van der Waals surface area contributed by atoms with Crippen molar-refractivity contribution in [3.05, 3.63) is 77.2 Å². The number of hydrogen-bond acceptors (Lipinski definition) is 2. The lowest BCUT2D eigenvalue weighted by molar-refractivity contribution is 0.794. The van der Waals surface area contributed by atoms with Gasteiger partial charge < -0.3 is 0 Å². The first kappa shape index (κ1) is 13.2. The van der Waals surface area contributed by atoms with Crippen LogP contribution in [0.5, 0.6) is 0 Å². The summed E-state index contributed by atoms with van der Waals surface area (Å²) >= 11 is 1.68. The van der Waals surface area contributed by atoms with Gasteiger partial charge in [0.1, 0.15) is 0 Å². The van der Waals surface area contributed by atoms with Gasteiger partial charge in [0.25, 0.3) is 0 Å². The van der Waals surface area contributed by atoms with Gasteiger partial charge in [0, 0.05) is 4.91 Å². The largest absolute Gasteiger partial charge is 0.245 e. The van der Waals surface area contributed by atoms with E-state index in [1.54, 1.807) is 11.8 Å². The molecule has 0 aromatic heterocycles.